The molecule has 0 saturated heterocycles. The molecule has 6 heteroatoms. The van der Waals surface area contributed by atoms with Crippen LogP contribution in [0.3, 0.4) is 0 Å². The zero-order valence-electron chi connectivity index (χ0n) is 10.4. The summed E-state index contributed by atoms with van der Waals surface area (Å²) in [5.41, 5.74) is 5.76. The highest BCUT2D eigenvalue weighted by atomic mass is 32.1. The summed E-state index contributed by atoms with van der Waals surface area (Å²) >= 11 is 1.15. The molecule has 2 rings (SSSR count). The first-order chi connectivity index (χ1) is 8.36. The number of aromatic nitrogens is 2. The lowest BCUT2D eigenvalue weighted by molar-refractivity contribution is 0.468. The SMILES string of the molecule is CC(C)(C)c1nsc(Oc2ccc(F)cc2N)n1. The molecule has 2 aromatic rings. The van der Waals surface area contributed by atoms with Gasteiger partial charge in [-0.25, -0.2) is 4.39 Å². The second-order valence-corrected chi connectivity index (χ2v) is 5.63. The molecular formula is C12H14FN3OS. The van der Waals surface area contributed by atoms with Crippen molar-refractivity contribution in [1.29, 1.82) is 0 Å². The Labute approximate surface area is 109 Å². The number of hydrogen-bond acceptors (Lipinski definition) is 5. The van der Waals surface area contributed by atoms with E-state index in [0.29, 0.717) is 16.8 Å². The topological polar surface area (TPSA) is 61.0 Å². The quantitative estimate of drug-likeness (QED) is 0.848. The summed E-state index contributed by atoms with van der Waals surface area (Å²) < 4.78 is 22.6. The van der Waals surface area contributed by atoms with Crippen molar-refractivity contribution >= 4 is 17.2 Å². The molecule has 1 heterocycles. The zero-order valence-corrected chi connectivity index (χ0v) is 11.2. The van der Waals surface area contributed by atoms with Crippen LogP contribution in [0.15, 0.2) is 18.2 Å². The molecule has 0 radical (unpaired) electrons. The first-order valence-corrected chi connectivity index (χ1v) is 6.20. The Balaban J connectivity index is 2.21. The molecular weight excluding hydrogens is 253 g/mol. The Bertz CT molecular complexity index is 563. The summed E-state index contributed by atoms with van der Waals surface area (Å²) in [5, 5.41) is 0.401. The molecule has 4 nitrogen and oxygen atoms in total. The van der Waals surface area contributed by atoms with Crippen LogP contribution < -0.4 is 10.5 Å². The maximum atomic E-state index is 12.9. The van der Waals surface area contributed by atoms with Crippen LogP contribution >= 0.6 is 11.5 Å². The number of nitrogen functional groups attached to an aromatic ring is 1. The van der Waals surface area contributed by atoms with Crippen LogP contribution in [-0.2, 0) is 5.41 Å². The van der Waals surface area contributed by atoms with Gasteiger partial charge in [0.2, 0.25) is 0 Å². The lowest BCUT2D eigenvalue weighted by Crippen LogP contribution is -2.12. The van der Waals surface area contributed by atoms with E-state index in [2.05, 4.69) is 9.36 Å². The fraction of sp³-hybridized carbons (Fsp3) is 0.333. The van der Waals surface area contributed by atoms with E-state index in [1.807, 2.05) is 20.8 Å². The molecule has 0 fully saturated rings. The Morgan fingerprint density at radius 1 is 1.33 bits per heavy atom. The maximum absolute atomic E-state index is 12.9. The number of ether oxygens (including phenoxy) is 1. The highest BCUT2D eigenvalue weighted by molar-refractivity contribution is 7.07. The largest absolute Gasteiger partial charge is 0.428 e. The molecule has 18 heavy (non-hydrogen) atoms. The van der Waals surface area contributed by atoms with Gasteiger partial charge in [-0.3, -0.25) is 0 Å². The van der Waals surface area contributed by atoms with Gasteiger partial charge in [-0.1, -0.05) is 20.8 Å². The second-order valence-electron chi connectivity index (χ2n) is 4.92. The molecule has 0 bridgehead atoms. The van der Waals surface area contributed by atoms with E-state index < -0.39 is 5.82 Å². The Hall–Kier alpha value is -1.69. The van der Waals surface area contributed by atoms with Crippen LogP contribution in [0.2, 0.25) is 0 Å². The van der Waals surface area contributed by atoms with Gasteiger partial charge in [-0.15, -0.1) is 0 Å². The third-order valence-corrected chi connectivity index (χ3v) is 2.84. The molecule has 0 spiro atoms. The number of nitrogens with two attached hydrogens (primary N) is 1. The van der Waals surface area contributed by atoms with Crippen LogP contribution in [0.4, 0.5) is 10.1 Å². The number of benzene rings is 1. The minimum Gasteiger partial charge on any atom is -0.428 e. The molecule has 0 unspecified atom stereocenters. The predicted molar refractivity (Wildman–Crippen MR) is 69.5 cm³/mol. The fourth-order valence-electron chi connectivity index (χ4n) is 1.26. The van der Waals surface area contributed by atoms with Gasteiger partial charge in [0.1, 0.15) is 5.82 Å². The normalized spacial score (nSPS) is 11.6. The monoisotopic (exact) mass is 267 g/mol. The van der Waals surface area contributed by atoms with Crippen LogP contribution in [0.1, 0.15) is 26.6 Å². The lowest BCUT2D eigenvalue weighted by Gasteiger charge is -2.12. The van der Waals surface area contributed by atoms with E-state index in [-0.39, 0.29) is 11.1 Å². The molecule has 0 amide bonds. The number of anilines is 1. The third kappa shape index (κ3) is 2.76. The lowest BCUT2D eigenvalue weighted by atomic mass is 9.96. The van der Waals surface area contributed by atoms with E-state index in [9.17, 15) is 4.39 Å². The minimum atomic E-state index is -0.396. The summed E-state index contributed by atoms with van der Waals surface area (Å²) in [5.74, 6) is 0.698. The smallest absolute Gasteiger partial charge is 0.298 e. The predicted octanol–water partition coefficient (Wildman–Crippen LogP) is 3.35. The number of nitrogens with zero attached hydrogens (tertiary/aromatic N) is 2. The van der Waals surface area contributed by atoms with Crippen molar-refractivity contribution in [3.63, 3.8) is 0 Å². The number of hydrogen-bond donors (Lipinski definition) is 1. The Morgan fingerprint density at radius 3 is 2.61 bits per heavy atom. The number of rotatable bonds is 2. The van der Waals surface area contributed by atoms with E-state index in [1.54, 1.807) is 0 Å². The standard InChI is InChI=1S/C12H14FN3OS/c1-12(2,3)10-15-11(18-16-10)17-9-5-4-7(13)6-8(9)14/h4-6H,14H2,1-3H3. The fourth-order valence-corrected chi connectivity index (χ4v) is 2.00. The van der Waals surface area contributed by atoms with Crippen molar-refractivity contribution < 1.29 is 9.13 Å². The van der Waals surface area contributed by atoms with Crippen LogP contribution in [0.5, 0.6) is 10.9 Å². The molecule has 1 aromatic carbocycles. The summed E-state index contributed by atoms with van der Waals surface area (Å²) in [7, 11) is 0. The Morgan fingerprint density at radius 2 is 2.06 bits per heavy atom. The molecule has 1 aromatic heterocycles. The summed E-state index contributed by atoms with van der Waals surface area (Å²) in [4.78, 5) is 4.28. The first kappa shape index (κ1) is 12.8. The highest BCUT2D eigenvalue weighted by Gasteiger charge is 2.20. The van der Waals surface area contributed by atoms with Crippen molar-refractivity contribution in [2.75, 3.05) is 5.73 Å². The van der Waals surface area contributed by atoms with Gasteiger partial charge in [-0.05, 0) is 12.1 Å². The summed E-state index contributed by atoms with van der Waals surface area (Å²) in [6, 6.07) is 3.97. The van der Waals surface area contributed by atoms with Gasteiger partial charge in [0.05, 0.1) is 5.69 Å². The van der Waals surface area contributed by atoms with Crippen LogP contribution in [-0.4, -0.2) is 9.36 Å². The van der Waals surface area contributed by atoms with Gasteiger partial charge in [0, 0.05) is 23.0 Å². The van der Waals surface area contributed by atoms with E-state index in [0.717, 1.165) is 11.5 Å². The van der Waals surface area contributed by atoms with Gasteiger partial charge < -0.3 is 10.5 Å². The maximum Gasteiger partial charge on any atom is 0.298 e. The molecule has 0 aliphatic rings. The van der Waals surface area contributed by atoms with Crippen molar-refractivity contribution in [3.8, 4) is 10.9 Å². The molecule has 0 aliphatic carbocycles. The van der Waals surface area contributed by atoms with Gasteiger partial charge in [0.15, 0.2) is 11.6 Å². The highest BCUT2D eigenvalue weighted by Crippen LogP contribution is 2.31. The minimum absolute atomic E-state index is 0.132. The molecule has 2 N–H and O–H groups in total. The summed E-state index contributed by atoms with van der Waals surface area (Å²) in [6.07, 6.45) is 0. The molecule has 0 saturated carbocycles. The third-order valence-electron chi connectivity index (χ3n) is 2.25. The van der Waals surface area contributed by atoms with E-state index >= 15 is 0 Å². The van der Waals surface area contributed by atoms with Crippen molar-refractivity contribution in [2.45, 2.75) is 26.2 Å². The molecule has 0 aliphatic heterocycles. The van der Waals surface area contributed by atoms with Gasteiger partial charge in [-0.2, -0.15) is 9.36 Å². The van der Waals surface area contributed by atoms with Gasteiger partial charge >= 0.3 is 0 Å². The average Bonchev–Trinajstić information content (AvgIpc) is 2.70. The first-order valence-electron chi connectivity index (χ1n) is 5.43. The molecule has 96 valence electrons. The second kappa shape index (κ2) is 4.53. The van der Waals surface area contributed by atoms with Crippen molar-refractivity contribution in [2.24, 2.45) is 0 Å². The van der Waals surface area contributed by atoms with Gasteiger partial charge in [0.25, 0.3) is 5.19 Å². The Kier molecular flexibility index (Phi) is 3.21. The summed E-state index contributed by atoms with van der Waals surface area (Å²) in [6.45, 7) is 6.06. The van der Waals surface area contributed by atoms with E-state index in [4.69, 9.17) is 10.5 Å². The van der Waals surface area contributed by atoms with Crippen molar-refractivity contribution in [1.82, 2.24) is 9.36 Å². The molecule has 0 atom stereocenters. The number of halogens is 1. The van der Waals surface area contributed by atoms with Crippen LogP contribution in [0.25, 0.3) is 0 Å². The van der Waals surface area contributed by atoms with E-state index in [1.165, 1.54) is 18.2 Å². The average molecular weight is 267 g/mol. The van der Waals surface area contributed by atoms with Crippen molar-refractivity contribution in [3.05, 3.63) is 29.8 Å². The zero-order chi connectivity index (χ0) is 13.3. The van der Waals surface area contributed by atoms with Crippen LogP contribution in [0, 0.1) is 5.82 Å².